The molecule has 0 unspecified atom stereocenters. The average Bonchev–Trinajstić information content (AvgIpc) is 2.97. The van der Waals surface area contributed by atoms with Gasteiger partial charge in [-0.25, -0.2) is 4.99 Å². The standard InChI is InChI=1S/C22H14ClN3OS/c23-16-7-5-15(6-8-16)13-26-20-4-2-1-3-19(20)21(22(26)27)25-17-9-11-18(12-10-17)28-14-24/h1-12H,13H2. The second-order valence-electron chi connectivity index (χ2n) is 6.18. The average molecular weight is 404 g/mol. The maximum Gasteiger partial charge on any atom is 0.277 e. The number of nitriles is 1. The van der Waals surface area contributed by atoms with Gasteiger partial charge in [0.2, 0.25) is 0 Å². The van der Waals surface area contributed by atoms with Crippen LogP contribution in [0.2, 0.25) is 5.02 Å². The number of nitrogens with zero attached hydrogens (tertiary/aromatic N) is 3. The Balaban J connectivity index is 1.68. The van der Waals surface area contributed by atoms with Crippen LogP contribution in [0.15, 0.2) is 82.7 Å². The summed E-state index contributed by atoms with van der Waals surface area (Å²) in [5, 5.41) is 11.5. The molecule has 0 bridgehead atoms. The first kappa shape index (κ1) is 18.3. The van der Waals surface area contributed by atoms with E-state index in [4.69, 9.17) is 16.9 Å². The van der Waals surface area contributed by atoms with E-state index in [0.717, 1.165) is 33.5 Å². The number of benzene rings is 3. The summed E-state index contributed by atoms with van der Waals surface area (Å²) in [7, 11) is 0. The van der Waals surface area contributed by atoms with Gasteiger partial charge in [-0.2, -0.15) is 5.26 Å². The maximum atomic E-state index is 13.1. The van der Waals surface area contributed by atoms with Crippen molar-refractivity contribution in [3.8, 4) is 5.40 Å². The number of hydrogen-bond acceptors (Lipinski definition) is 4. The molecule has 1 heterocycles. The van der Waals surface area contributed by atoms with E-state index in [1.165, 1.54) is 0 Å². The van der Waals surface area contributed by atoms with Gasteiger partial charge in [0.05, 0.1) is 17.9 Å². The lowest BCUT2D eigenvalue weighted by atomic mass is 10.1. The van der Waals surface area contributed by atoms with Crippen molar-refractivity contribution >= 4 is 46.4 Å². The summed E-state index contributed by atoms with van der Waals surface area (Å²) in [4.78, 5) is 20.3. The van der Waals surface area contributed by atoms with E-state index in [1.807, 2.05) is 78.2 Å². The number of aliphatic imine (C=N–C) groups is 1. The number of amides is 1. The van der Waals surface area contributed by atoms with Gasteiger partial charge < -0.3 is 4.90 Å². The number of anilines is 1. The van der Waals surface area contributed by atoms with Crippen LogP contribution in [-0.4, -0.2) is 11.6 Å². The lowest BCUT2D eigenvalue weighted by Crippen LogP contribution is -2.29. The molecule has 4 nitrogen and oxygen atoms in total. The van der Waals surface area contributed by atoms with Gasteiger partial charge in [-0.3, -0.25) is 4.79 Å². The molecular weight excluding hydrogens is 390 g/mol. The first-order chi connectivity index (χ1) is 13.7. The van der Waals surface area contributed by atoms with Gasteiger partial charge in [0.15, 0.2) is 0 Å². The SMILES string of the molecule is N#CSc1ccc(N=C2C(=O)N(Cc3ccc(Cl)cc3)c3ccccc32)cc1. The molecular formula is C22H14ClN3OS. The molecule has 28 heavy (non-hydrogen) atoms. The fraction of sp³-hybridized carbons (Fsp3) is 0.0455. The molecule has 0 radical (unpaired) electrons. The Morgan fingerprint density at radius 3 is 2.43 bits per heavy atom. The third-order valence-electron chi connectivity index (χ3n) is 4.39. The normalized spacial score (nSPS) is 14.2. The van der Waals surface area contributed by atoms with Crippen molar-refractivity contribution in [2.75, 3.05) is 4.90 Å². The summed E-state index contributed by atoms with van der Waals surface area (Å²) in [6.07, 6.45) is 0. The highest BCUT2D eigenvalue weighted by molar-refractivity contribution is 8.03. The number of para-hydroxylation sites is 1. The van der Waals surface area contributed by atoms with Gasteiger partial charge in [-0.1, -0.05) is 41.9 Å². The Kier molecular flexibility index (Phi) is 5.16. The summed E-state index contributed by atoms with van der Waals surface area (Å²) < 4.78 is 0. The van der Waals surface area contributed by atoms with Crippen molar-refractivity contribution in [2.24, 2.45) is 4.99 Å². The van der Waals surface area contributed by atoms with Gasteiger partial charge in [0.25, 0.3) is 5.91 Å². The number of thiocyanates is 1. The minimum atomic E-state index is -0.133. The largest absolute Gasteiger partial charge is 0.302 e. The van der Waals surface area contributed by atoms with E-state index < -0.39 is 0 Å². The molecule has 0 atom stereocenters. The van der Waals surface area contributed by atoms with Crippen LogP contribution in [0.25, 0.3) is 0 Å². The maximum absolute atomic E-state index is 13.1. The van der Waals surface area contributed by atoms with E-state index in [2.05, 4.69) is 4.99 Å². The minimum Gasteiger partial charge on any atom is -0.302 e. The highest BCUT2D eigenvalue weighted by atomic mass is 35.5. The Morgan fingerprint density at radius 2 is 1.71 bits per heavy atom. The van der Waals surface area contributed by atoms with E-state index in [-0.39, 0.29) is 5.91 Å². The molecule has 6 heteroatoms. The summed E-state index contributed by atoms with van der Waals surface area (Å²) in [5.74, 6) is -0.133. The molecule has 136 valence electrons. The van der Waals surface area contributed by atoms with E-state index in [0.29, 0.717) is 23.0 Å². The van der Waals surface area contributed by atoms with Crippen molar-refractivity contribution in [3.63, 3.8) is 0 Å². The van der Waals surface area contributed by atoms with Crippen molar-refractivity contribution in [2.45, 2.75) is 11.4 Å². The third-order valence-corrected chi connectivity index (χ3v) is 5.24. The minimum absolute atomic E-state index is 0.133. The zero-order chi connectivity index (χ0) is 19.5. The fourth-order valence-electron chi connectivity index (χ4n) is 3.07. The van der Waals surface area contributed by atoms with Crippen LogP contribution in [0.3, 0.4) is 0 Å². The molecule has 4 rings (SSSR count). The van der Waals surface area contributed by atoms with Gasteiger partial charge in [-0.05, 0) is 59.8 Å². The quantitative estimate of drug-likeness (QED) is 0.422. The molecule has 0 N–H and O–H groups in total. The van der Waals surface area contributed by atoms with Gasteiger partial charge in [0, 0.05) is 15.5 Å². The highest BCUT2D eigenvalue weighted by Crippen LogP contribution is 2.32. The van der Waals surface area contributed by atoms with Crippen molar-refractivity contribution in [1.82, 2.24) is 0 Å². The number of carbonyl (C=O) groups excluding carboxylic acids is 1. The first-order valence-corrected chi connectivity index (χ1v) is 9.75. The third kappa shape index (κ3) is 3.65. The zero-order valence-corrected chi connectivity index (χ0v) is 16.2. The first-order valence-electron chi connectivity index (χ1n) is 8.56. The van der Waals surface area contributed by atoms with Crippen LogP contribution in [0.4, 0.5) is 11.4 Å². The van der Waals surface area contributed by atoms with Crippen molar-refractivity contribution in [3.05, 3.63) is 88.9 Å². The van der Waals surface area contributed by atoms with Gasteiger partial charge in [-0.15, -0.1) is 0 Å². The summed E-state index contributed by atoms with van der Waals surface area (Å²) in [6, 6.07) is 22.4. The Bertz CT molecular complexity index is 1100. The molecule has 1 amide bonds. The van der Waals surface area contributed by atoms with E-state index >= 15 is 0 Å². The van der Waals surface area contributed by atoms with Crippen LogP contribution in [0.5, 0.6) is 0 Å². The van der Waals surface area contributed by atoms with Crippen LogP contribution >= 0.6 is 23.4 Å². The summed E-state index contributed by atoms with van der Waals surface area (Å²) in [5.41, 5.74) is 3.75. The smallest absolute Gasteiger partial charge is 0.277 e. The molecule has 0 saturated carbocycles. The highest BCUT2D eigenvalue weighted by Gasteiger charge is 2.33. The summed E-state index contributed by atoms with van der Waals surface area (Å²) >= 11 is 7.05. The van der Waals surface area contributed by atoms with Gasteiger partial charge >= 0.3 is 0 Å². The number of halogens is 1. The van der Waals surface area contributed by atoms with Crippen molar-refractivity contribution < 1.29 is 4.79 Å². The molecule has 0 spiro atoms. The zero-order valence-electron chi connectivity index (χ0n) is 14.7. The molecule has 3 aromatic rings. The number of hydrogen-bond donors (Lipinski definition) is 0. The fourth-order valence-corrected chi connectivity index (χ4v) is 3.57. The predicted molar refractivity (Wildman–Crippen MR) is 113 cm³/mol. The molecule has 3 aromatic carbocycles. The van der Waals surface area contributed by atoms with Gasteiger partial charge in [0.1, 0.15) is 11.1 Å². The molecule has 1 aliphatic heterocycles. The summed E-state index contributed by atoms with van der Waals surface area (Å²) in [6.45, 7) is 0.448. The monoisotopic (exact) mass is 403 g/mol. The number of carbonyl (C=O) groups is 1. The Hall–Kier alpha value is -3.07. The van der Waals surface area contributed by atoms with Crippen molar-refractivity contribution in [1.29, 1.82) is 5.26 Å². The molecule has 0 aliphatic carbocycles. The van der Waals surface area contributed by atoms with Crippen LogP contribution in [-0.2, 0) is 11.3 Å². The second-order valence-corrected chi connectivity index (χ2v) is 7.48. The number of thioether (sulfide) groups is 1. The van der Waals surface area contributed by atoms with Crippen LogP contribution < -0.4 is 4.90 Å². The molecule has 0 saturated heterocycles. The number of rotatable bonds is 4. The Morgan fingerprint density at radius 1 is 1.00 bits per heavy atom. The Labute approximate surface area is 172 Å². The second kappa shape index (κ2) is 7.89. The number of fused-ring (bicyclic) bond motifs is 1. The topological polar surface area (TPSA) is 56.5 Å². The van der Waals surface area contributed by atoms with Crippen LogP contribution in [0.1, 0.15) is 11.1 Å². The lowest BCUT2D eigenvalue weighted by Gasteiger charge is -2.16. The molecule has 0 aromatic heterocycles. The van der Waals surface area contributed by atoms with Crippen LogP contribution in [0, 0.1) is 10.7 Å². The molecule has 1 aliphatic rings. The van der Waals surface area contributed by atoms with E-state index in [1.54, 1.807) is 4.90 Å². The lowest BCUT2D eigenvalue weighted by molar-refractivity contribution is -0.112. The predicted octanol–water partition coefficient (Wildman–Crippen LogP) is 5.58. The van der Waals surface area contributed by atoms with E-state index in [9.17, 15) is 4.79 Å². The molecule has 0 fully saturated rings.